The number of sulfonamides is 1. The zero-order valence-electron chi connectivity index (χ0n) is 11.9. The van der Waals surface area contributed by atoms with E-state index in [0.29, 0.717) is 10.8 Å². The van der Waals surface area contributed by atoms with Crippen molar-refractivity contribution in [1.29, 1.82) is 0 Å². The maximum atomic E-state index is 11.2. The number of pyridine rings is 1. The Morgan fingerprint density at radius 1 is 1.18 bits per heavy atom. The third kappa shape index (κ3) is 4.48. The Bertz CT molecular complexity index is 746. The second-order valence-corrected chi connectivity index (χ2v) is 6.64. The second kappa shape index (κ2) is 6.82. The molecule has 0 spiro atoms. The number of hydrogen-bond acceptors (Lipinski definition) is 4. The van der Waals surface area contributed by atoms with E-state index in [1.165, 1.54) is 12.1 Å². The number of hydrogen-bond donors (Lipinski definition) is 3. The van der Waals surface area contributed by atoms with Gasteiger partial charge in [0.15, 0.2) is 5.11 Å². The van der Waals surface area contributed by atoms with Crippen LogP contribution in [0.5, 0.6) is 0 Å². The fourth-order valence-corrected chi connectivity index (χ4v) is 2.64. The molecule has 2 rings (SSSR count). The first kappa shape index (κ1) is 16.3. The maximum Gasteiger partial charge on any atom is 0.238 e. The molecule has 0 aliphatic rings. The van der Waals surface area contributed by atoms with Crippen molar-refractivity contribution in [3.63, 3.8) is 0 Å². The van der Waals surface area contributed by atoms with Crippen molar-refractivity contribution >= 4 is 33.0 Å². The summed E-state index contributed by atoms with van der Waals surface area (Å²) in [5.41, 5.74) is 1.73. The molecule has 0 saturated carbocycles. The molecule has 116 valence electrons. The Hall–Kier alpha value is -2.03. The number of thiocarbonyl (C=S) groups is 1. The molecular weight excluding hydrogens is 320 g/mol. The Balaban J connectivity index is 1.98. The lowest BCUT2D eigenvalue weighted by atomic mass is 10.1. The van der Waals surface area contributed by atoms with Gasteiger partial charge in [-0.15, -0.1) is 0 Å². The van der Waals surface area contributed by atoms with Crippen molar-refractivity contribution in [3.05, 3.63) is 54.4 Å². The van der Waals surface area contributed by atoms with Crippen molar-refractivity contribution in [2.75, 3.05) is 5.32 Å². The number of nitrogens with one attached hydrogen (secondary N) is 2. The van der Waals surface area contributed by atoms with Crippen molar-refractivity contribution in [3.8, 4) is 0 Å². The third-order valence-electron chi connectivity index (χ3n) is 2.99. The van der Waals surface area contributed by atoms with Gasteiger partial charge in [0.25, 0.3) is 0 Å². The van der Waals surface area contributed by atoms with Gasteiger partial charge in [0.05, 0.1) is 10.9 Å². The van der Waals surface area contributed by atoms with Crippen LogP contribution >= 0.6 is 12.2 Å². The summed E-state index contributed by atoms with van der Waals surface area (Å²) in [6, 6.07) is 9.88. The van der Waals surface area contributed by atoms with Crippen molar-refractivity contribution in [1.82, 2.24) is 10.3 Å². The van der Waals surface area contributed by atoms with Gasteiger partial charge < -0.3 is 10.6 Å². The molecule has 0 fully saturated rings. The van der Waals surface area contributed by atoms with Crippen LogP contribution in [0.3, 0.4) is 0 Å². The molecule has 0 saturated heterocycles. The van der Waals surface area contributed by atoms with E-state index in [1.807, 2.05) is 19.1 Å². The van der Waals surface area contributed by atoms with Gasteiger partial charge in [0.2, 0.25) is 10.0 Å². The zero-order valence-corrected chi connectivity index (χ0v) is 13.5. The Morgan fingerprint density at radius 2 is 1.77 bits per heavy atom. The molecule has 1 heterocycles. The van der Waals surface area contributed by atoms with E-state index >= 15 is 0 Å². The fourth-order valence-electron chi connectivity index (χ4n) is 1.83. The summed E-state index contributed by atoms with van der Waals surface area (Å²) in [6.45, 7) is 1.98. The number of primary sulfonamides is 1. The first-order valence-electron chi connectivity index (χ1n) is 6.46. The number of aromatic nitrogens is 1. The number of anilines is 1. The molecule has 4 N–H and O–H groups in total. The van der Waals surface area contributed by atoms with Crippen molar-refractivity contribution < 1.29 is 8.42 Å². The molecule has 6 nitrogen and oxygen atoms in total. The van der Waals surface area contributed by atoms with Gasteiger partial charge in [0.1, 0.15) is 0 Å². The molecule has 0 aliphatic carbocycles. The van der Waals surface area contributed by atoms with Gasteiger partial charge in [-0.05, 0) is 61.1 Å². The molecule has 0 aliphatic heterocycles. The van der Waals surface area contributed by atoms with Gasteiger partial charge >= 0.3 is 0 Å². The summed E-state index contributed by atoms with van der Waals surface area (Å²) in [6.07, 6.45) is 3.44. The molecule has 1 aromatic carbocycles. The van der Waals surface area contributed by atoms with Crippen LogP contribution < -0.4 is 15.8 Å². The highest BCUT2D eigenvalue weighted by Crippen LogP contribution is 2.14. The first-order valence-corrected chi connectivity index (χ1v) is 8.42. The Kier molecular flexibility index (Phi) is 5.07. The maximum absolute atomic E-state index is 11.2. The van der Waals surface area contributed by atoms with Crippen LogP contribution in [0.25, 0.3) is 0 Å². The smallest absolute Gasteiger partial charge is 0.238 e. The van der Waals surface area contributed by atoms with Crippen LogP contribution in [0.15, 0.2) is 53.7 Å². The second-order valence-electron chi connectivity index (χ2n) is 4.67. The molecule has 1 aromatic heterocycles. The molecule has 0 amide bonds. The van der Waals surface area contributed by atoms with Crippen LogP contribution in [0, 0.1) is 0 Å². The van der Waals surface area contributed by atoms with E-state index in [2.05, 4.69) is 15.6 Å². The van der Waals surface area contributed by atoms with Crippen LogP contribution in [0.2, 0.25) is 0 Å². The van der Waals surface area contributed by atoms with Crippen LogP contribution in [0.1, 0.15) is 18.5 Å². The van der Waals surface area contributed by atoms with E-state index in [1.54, 1.807) is 24.5 Å². The zero-order chi connectivity index (χ0) is 16.2. The fraction of sp³-hybridized carbons (Fsp3) is 0.143. The highest BCUT2D eigenvalue weighted by Gasteiger charge is 2.09. The Morgan fingerprint density at radius 3 is 2.32 bits per heavy atom. The molecule has 8 heteroatoms. The number of nitrogens with zero attached hydrogens (tertiary/aromatic N) is 1. The highest BCUT2D eigenvalue weighted by atomic mass is 32.2. The van der Waals surface area contributed by atoms with Gasteiger partial charge in [-0.25, -0.2) is 13.6 Å². The summed E-state index contributed by atoms with van der Waals surface area (Å²) < 4.78 is 22.4. The third-order valence-corrected chi connectivity index (χ3v) is 4.14. The van der Waals surface area contributed by atoms with Gasteiger partial charge in [0, 0.05) is 18.1 Å². The molecule has 1 atom stereocenters. The normalized spacial score (nSPS) is 12.5. The first-order chi connectivity index (χ1) is 10.4. The lowest BCUT2D eigenvalue weighted by molar-refractivity contribution is 0.598. The summed E-state index contributed by atoms with van der Waals surface area (Å²) in [7, 11) is -3.69. The van der Waals surface area contributed by atoms with E-state index in [9.17, 15) is 8.42 Å². The molecule has 0 bridgehead atoms. The quantitative estimate of drug-likeness (QED) is 0.736. The van der Waals surface area contributed by atoms with E-state index in [4.69, 9.17) is 17.4 Å². The number of rotatable bonds is 4. The summed E-state index contributed by atoms with van der Waals surface area (Å²) in [5, 5.41) is 11.6. The van der Waals surface area contributed by atoms with Gasteiger partial charge in [-0.1, -0.05) is 0 Å². The van der Waals surface area contributed by atoms with Crippen LogP contribution in [-0.2, 0) is 10.0 Å². The highest BCUT2D eigenvalue weighted by molar-refractivity contribution is 7.89. The average Bonchev–Trinajstić information content (AvgIpc) is 2.47. The summed E-state index contributed by atoms with van der Waals surface area (Å²) in [4.78, 5) is 4.02. The van der Waals surface area contributed by atoms with E-state index < -0.39 is 10.0 Å². The predicted octanol–water partition coefficient (Wildman–Crippen LogP) is 1.78. The standard InChI is InChI=1S/C14H16N4O2S2/c1-10(11-6-8-16-9-7-11)17-14(21)18-12-2-4-13(5-3-12)22(15,19)20/h2-10H,1H3,(H2,15,19,20)(H2,17,18,21). The Labute approximate surface area is 134 Å². The molecule has 1 unspecified atom stereocenters. The monoisotopic (exact) mass is 336 g/mol. The van der Waals surface area contributed by atoms with Gasteiger partial charge in [-0.3, -0.25) is 4.98 Å². The minimum atomic E-state index is -3.69. The van der Waals surface area contributed by atoms with Crippen molar-refractivity contribution in [2.45, 2.75) is 17.9 Å². The van der Waals surface area contributed by atoms with Crippen LogP contribution in [0.4, 0.5) is 5.69 Å². The number of benzene rings is 1. The largest absolute Gasteiger partial charge is 0.356 e. The molecular formula is C14H16N4O2S2. The predicted molar refractivity (Wildman–Crippen MR) is 89.8 cm³/mol. The molecule has 2 aromatic rings. The SMILES string of the molecule is CC(NC(=S)Nc1ccc(S(N)(=O)=O)cc1)c1ccncc1. The van der Waals surface area contributed by atoms with E-state index in [0.717, 1.165) is 5.56 Å². The average molecular weight is 336 g/mol. The van der Waals surface area contributed by atoms with E-state index in [-0.39, 0.29) is 10.9 Å². The minimum absolute atomic E-state index is 0.0201. The number of nitrogens with two attached hydrogens (primary N) is 1. The summed E-state index contributed by atoms with van der Waals surface area (Å²) >= 11 is 5.24. The molecule has 0 radical (unpaired) electrons. The lowest BCUT2D eigenvalue weighted by Gasteiger charge is -2.17. The lowest BCUT2D eigenvalue weighted by Crippen LogP contribution is -2.30. The summed E-state index contributed by atoms with van der Waals surface area (Å²) in [5.74, 6) is 0. The van der Waals surface area contributed by atoms with Crippen molar-refractivity contribution in [2.24, 2.45) is 5.14 Å². The topological polar surface area (TPSA) is 97.1 Å². The minimum Gasteiger partial charge on any atom is -0.356 e. The molecule has 22 heavy (non-hydrogen) atoms. The van der Waals surface area contributed by atoms with Crippen LogP contribution in [-0.4, -0.2) is 18.5 Å². The van der Waals surface area contributed by atoms with Gasteiger partial charge in [-0.2, -0.15) is 0 Å².